The van der Waals surface area contributed by atoms with E-state index in [4.69, 9.17) is 16.0 Å². The molecule has 0 aliphatic carbocycles. The number of hydrazone groups is 1. The second kappa shape index (κ2) is 8.65. The standard InChI is InChI=1S/C8H10N4O.C7H8O3S/c9-8(10)12(13)11-6-7-4-2-1-3-5-7;1-6-2-4-7(5-3-6)11(8,9)10/h1-6H,9-10H2;2-5H,1H3,(H,8,9,10)/b11-6+;. The lowest BCUT2D eigenvalue weighted by atomic mass is 10.2. The molecule has 0 aliphatic rings. The summed E-state index contributed by atoms with van der Waals surface area (Å²) < 4.78 is 29.6. The van der Waals surface area contributed by atoms with Crippen molar-refractivity contribution >= 4 is 22.3 Å². The molecule has 5 N–H and O–H groups in total. The van der Waals surface area contributed by atoms with E-state index in [0.717, 1.165) is 11.1 Å². The van der Waals surface area contributed by atoms with E-state index < -0.39 is 10.1 Å². The van der Waals surface area contributed by atoms with Gasteiger partial charge in [-0.3, -0.25) is 16.0 Å². The van der Waals surface area contributed by atoms with Gasteiger partial charge in [-0.1, -0.05) is 48.0 Å². The fourth-order valence-corrected chi connectivity index (χ4v) is 1.92. The molecule has 9 heteroatoms. The average molecular weight is 350 g/mol. The number of hydrogen-bond acceptors (Lipinski definition) is 4. The van der Waals surface area contributed by atoms with Crippen LogP contribution in [0.1, 0.15) is 11.1 Å². The van der Waals surface area contributed by atoms with E-state index >= 15 is 0 Å². The second-order valence-electron chi connectivity index (χ2n) is 4.64. The Bertz CT molecular complexity index is 812. The minimum absolute atomic E-state index is 0.0666. The summed E-state index contributed by atoms with van der Waals surface area (Å²) in [6.07, 6.45) is 1.38. The molecule has 0 fully saturated rings. The third-order valence-electron chi connectivity index (χ3n) is 2.65. The molecule has 0 radical (unpaired) electrons. The zero-order chi connectivity index (χ0) is 18.2. The van der Waals surface area contributed by atoms with Gasteiger partial charge < -0.3 is 5.21 Å². The van der Waals surface area contributed by atoms with Crippen molar-refractivity contribution in [3.63, 3.8) is 0 Å². The smallest absolute Gasteiger partial charge is 0.366 e. The number of nitrogens with zero attached hydrogens (tertiary/aromatic N) is 2. The molecule has 0 bridgehead atoms. The van der Waals surface area contributed by atoms with Gasteiger partial charge in [0, 0.05) is 0 Å². The first-order chi connectivity index (χ1) is 11.2. The molecular weight excluding hydrogens is 332 g/mol. The topological polar surface area (TPSA) is 145 Å². The van der Waals surface area contributed by atoms with Crippen molar-refractivity contribution in [1.29, 1.82) is 0 Å². The van der Waals surface area contributed by atoms with Crippen LogP contribution >= 0.6 is 0 Å². The summed E-state index contributed by atoms with van der Waals surface area (Å²) in [5.74, 6) is -0.382. The molecule has 8 nitrogen and oxygen atoms in total. The molecule has 0 saturated carbocycles. The number of benzene rings is 2. The van der Waals surface area contributed by atoms with Crippen molar-refractivity contribution in [3.05, 3.63) is 70.9 Å². The van der Waals surface area contributed by atoms with Crippen molar-refractivity contribution in [2.24, 2.45) is 16.6 Å². The molecule has 0 aliphatic heterocycles. The van der Waals surface area contributed by atoms with Crippen LogP contribution in [0, 0.1) is 12.1 Å². The van der Waals surface area contributed by atoms with Gasteiger partial charge in [-0.25, -0.2) is 0 Å². The zero-order valence-electron chi connectivity index (χ0n) is 12.9. The van der Waals surface area contributed by atoms with Gasteiger partial charge >= 0.3 is 5.96 Å². The molecule has 128 valence electrons. The molecule has 0 saturated heterocycles. The monoisotopic (exact) mass is 350 g/mol. The second-order valence-corrected chi connectivity index (χ2v) is 6.06. The third kappa shape index (κ3) is 6.90. The predicted molar refractivity (Wildman–Crippen MR) is 92.0 cm³/mol. The summed E-state index contributed by atoms with van der Waals surface area (Å²) in [6.45, 7) is 1.84. The van der Waals surface area contributed by atoms with Crippen LogP contribution in [0.15, 0.2) is 64.6 Å². The Morgan fingerprint density at radius 1 is 1.12 bits per heavy atom. The Morgan fingerprint density at radius 2 is 1.67 bits per heavy atom. The van der Waals surface area contributed by atoms with Crippen molar-refractivity contribution in [1.82, 2.24) is 0 Å². The van der Waals surface area contributed by atoms with E-state index in [-0.39, 0.29) is 15.7 Å². The van der Waals surface area contributed by atoms with Crippen LogP contribution in [0.2, 0.25) is 0 Å². The molecule has 2 rings (SSSR count). The van der Waals surface area contributed by atoms with Gasteiger partial charge in [0.25, 0.3) is 10.1 Å². The van der Waals surface area contributed by atoms with Crippen LogP contribution in [0.3, 0.4) is 0 Å². The summed E-state index contributed by atoms with van der Waals surface area (Å²) in [7, 11) is -4.02. The van der Waals surface area contributed by atoms with E-state index in [0.29, 0.717) is 0 Å². The van der Waals surface area contributed by atoms with Gasteiger partial charge in [-0.15, -0.1) is 9.95 Å². The zero-order valence-corrected chi connectivity index (χ0v) is 13.7. The van der Waals surface area contributed by atoms with Gasteiger partial charge in [0.15, 0.2) is 0 Å². The van der Waals surface area contributed by atoms with Crippen LogP contribution in [0.25, 0.3) is 0 Å². The van der Waals surface area contributed by atoms with Crippen LogP contribution in [-0.4, -0.2) is 30.0 Å². The first-order valence-electron chi connectivity index (χ1n) is 6.68. The highest BCUT2D eigenvalue weighted by molar-refractivity contribution is 7.85. The Morgan fingerprint density at radius 3 is 2.12 bits per heavy atom. The maximum Gasteiger partial charge on any atom is 0.366 e. The van der Waals surface area contributed by atoms with Gasteiger partial charge in [0.05, 0.1) is 11.1 Å². The van der Waals surface area contributed by atoms with Gasteiger partial charge in [-0.2, -0.15) is 8.42 Å². The average Bonchev–Trinajstić information content (AvgIpc) is 2.53. The van der Waals surface area contributed by atoms with E-state index in [1.807, 2.05) is 37.3 Å². The maximum atomic E-state index is 10.7. The highest BCUT2D eigenvalue weighted by atomic mass is 32.2. The lowest BCUT2D eigenvalue weighted by Crippen LogP contribution is -2.30. The molecule has 0 amide bonds. The van der Waals surface area contributed by atoms with Crippen LogP contribution in [-0.2, 0) is 10.1 Å². The number of aryl methyl sites for hydroxylation is 1. The molecule has 0 aromatic heterocycles. The maximum absolute atomic E-state index is 10.7. The summed E-state index contributed by atoms with van der Waals surface area (Å²) in [5.41, 5.74) is 11.8. The Labute approximate surface area is 140 Å². The fourth-order valence-electron chi connectivity index (χ4n) is 1.44. The Hall–Kier alpha value is -2.91. The molecule has 0 heterocycles. The molecule has 0 spiro atoms. The summed E-state index contributed by atoms with van der Waals surface area (Å²) in [6, 6.07) is 15.2. The molecule has 0 unspecified atom stereocenters. The van der Waals surface area contributed by atoms with Gasteiger partial charge in [0.1, 0.15) is 0 Å². The lowest BCUT2D eigenvalue weighted by molar-refractivity contribution is -0.463. The van der Waals surface area contributed by atoms with E-state index in [1.54, 1.807) is 12.1 Å². The number of guanidine groups is 1. The van der Waals surface area contributed by atoms with E-state index in [1.165, 1.54) is 18.3 Å². The van der Waals surface area contributed by atoms with Crippen molar-refractivity contribution in [2.75, 3.05) is 0 Å². The van der Waals surface area contributed by atoms with Gasteiger partial charge in [-0.05, 0) is 24.6 Å². The SMILES string of the molecule is Cc1ccc(S(=O)(=O)O)cc1.NC(N)=[N+]([O-])/N=C/c1ccccc1. The van der Waals surface area contributed by atoms with Crippen LogP contribution in [0.5, 0.6) is 0 Å². The molecule has 2 aromatic carbocycles. The quantitative estimate of drug-likeness (QED) is 0.188. The first kappa shape index (κ1) is 19.1. The molecule has 2 aromatic rings. The van der Waals surface area contributed by atoms with Crippen molar-refractivity contribution < 1.29 is 17.8 Å². The molecular formula is C15H18N4O4S. The fraction of sp³-hybridized carbons (Fsp3) is 0.0667. The predicted octanol–water partition coefficient (Wildman–Crippen LogP) is 1.05. The largest absolute Gasteiger partial charge is 0.722 e. The lowest BCUT2D eigenvalue weighted by Gasteiger charge is -2.01. The van der Waals surface area contributed by atoms with Crippen molar-refractivity contribution in [2.45, 2.75) is 11.8 Å². The summed E-state index contributed by atoms with van der Waals surface area (Å²) in [4.78, 5) is 0.0931. The molecule has 0 atom stereocenters. The normalized spacial score (nSPS) is 10.8. The van der Waals surface area contributed by atoms with Crippen molar-refractivity contribution in [3.8, 4) is 0 Å². The Balaban J connectivity index is 0.000000243. The number of hydrogen-bond donors (Lipinski definition) is 3. The summed E-state index contributed by atoms with van der Waals surface area (Å²) >= 11 is 0. The minimum Gasteiger partial charge on any atom is -0.722 e. The Kier molecular flexibility index (Phi) is 6.90. The highest BCUT2D eigenvalue weighted by Gasteiger charge is 2.06. The number of nitrogens with two attached hydrogens (primary N) is 2. The van der Waals surface area contributed by atoms with Crippen LogP contribution in [0.4, 0.5) is 0 Å². The third-order valence-corrected chi connectivity index (χ3v) is 3.52. The number of rotatable bonds is 3. The van der Waals surface area contributed by atoms with E-state index in [9.17, 15) is 13.6 Å². The van der Waals surface area contributed by atoms with Crippen LogP contribution < -0.4 is 11.5 Å². The highest BCUT2D eigenvalue weighted by Crippen LogP contribution is 2.08. The first-order valence-corrected chi connectivity index (χ1v) is 8.12. The minimum atomic E-state index is -4.02. The van der Waals surface area contributed by atoms with Gasteiger partial charge in [0.2, 0.25) is 0 Å². The summed E-state index contributed by atoms with van der Waals surface area (Å²) in [5, 5.41) is 14.2. The van der Waals surface area contributed by atoms with E-state index in [2.05, 4.69) is 5.10 Å². The molecule has 24 heavy (non-hydrogen) atoms.